The molecule has 1 aromatic heterocycles. The maximum Gasteiger partial charge on any atom is 0.227 e. The number of carbonyl (C=O) groups excluding carboxylic acids is 1. The van der Waals surface area contributed by atoms with E-state index >= 15 is 0 Å². The van der Waals surface area contributed by atoms with Gasteiger partial charge in [-0.15, -0.1) is 0 Å². The van der Waals surface area contributed by atoms with Crippen molar-refractivity contribution in [3.63, 3.8) is 0 Å². The van der Waals surface area contributed by atoms with Gasteiger partial charge in [-0.1, -0.05) is 18.2 Å². The van der Waals surface area contributed by atoms with Crippen LogP contribution >= 0.6 is 0 Å². The molecule has 0 aliphatic carbocycles. The zero-order valence-electron chi connectivity index (χ0n) is 17.7. The Hall–Kier alpha value is -3.54. The van der Waals surface area contributed by atoms with Gasteiger partial charge in [0.15, 0.2) is 0 Å². The SMILES string of the molecule is COc1ccc2c(c1)CC(C(=O)NC(C)c1cccc(OCc3ccccn3)c1)CO2. The fraction of sp³-hybridized carbons (Fsp3) is 0.280. The third-order valence-electron chi connectivity index (χ3n) is 5.37. The van der Waals surface area contributed by atoms with Gasteiger partial charge in [-0.2, -0.15) is 0 Å². The summed E-state index contributed by atoms with van der Waals surface area (Å²) in [6, 6.07) is 19.0. The van der Waals surface area contributed by atoms with E-state index in [1.165, 1.54) is 0 Å². The lowest BCUT2D eigenvalue weighted by Crippen LogP contribution is -2.38. The van der Waals surface area contributed by atoms with Crippen molar-refractivity contribution in [2.24, 2.45) is 5.92 Å². The summed E-state index contributed by atoms with van der Waals surface area (Å²) in [6.07, 6.45) is 2.37. The van der Waals surface area contributed by atoms with Gasteiger partial charge < -0.3 is 19.5 Å². The van der Waals surface area contributed by atoms with Crippen LogP contribution in [0.25, 0.3) is 0 Å². The number of ether oxygens (including phenoxy) is 3. The van der Waals surface area contributed by atoms with Crippen molar-refractivity contribution in [3.05, 3.63) is 83.7 Å². The van der Waals surface area contributed by atoms with Crippen molar-refractivity contribution in [3.8, 4) is 17.2 Å². The number of fused-ring (bicyclic) bond motifs is 1. The molecule has 2 heterocycles. The quantitative estimate of drug-likeness (QED) is 0.626. The Morgan fingerprint density at radius 2 is 2.06 bits per heavy atom. The maximum atomic E-state index is 12.9. The number of pyridine rings is 1. The molecule has 6 nitrogen and oxygen atoms in total. The van der Waals surface area contributed by atoms with E-state index in [-0.39, 0.29) is 17.9 Å². The standard InChI is InChI=1S/C25H26N2O4/c1-17(18-6-5-8-23(13-18)30-16-21-7-3-4-11-26-21)27-25(28)20-12-19-14-22(29-2)9-10-24(19)31-15-20/h3-11,13-14,17,20H,12,15-16H2,1-2H3,(H,27,28). The molecule has 31 heavy (non-hydrogen) atoms. The minimum absolute atomic E-state index is 0.0271. The zero-order chi connectivity index (χ0) is 21.6. The maximum absolute atomic E-state index is 12.9. The second-order valence-electron chi connectivity index (χ2n) is 7.60. The highest BCUT2D eigenvalue weighted by atomic mass is 16.5. The van der Waals surface area contributed by atoms with Gasteiger partial charge >= 0.3 is 0 Å². The van der Waals surface area contributed by atoms with E-state index in [1.807, 2.05) is 67.6 Å². The molecule has 0 spiro atoms. The van der Waals surface area contributed by atoms with E-state index in [4.69, 9.17) is 14.2 Å². The van der Waals surface area contributed by atoms with Gasteiger partial charge in [0.1, 0.15) is 30.5 Å². The van der Waals surface area contributed by atoms with Gasteiger partial charge in [-0.25, -0.2) is 0 Å². The number of nitrogens with one attached hydrogen (secondary N) is 1. The molecule has 2 aromatic carbocycles. The smallest absolute Gasteiger partial charge is 0.227 e. The highest BCUT2D eigenvalue weighted by Gasteiger charge is 2.27. The Balaban J connectivity index is 1.36. The first kappa shape index (κ1) is 20.7. The normalized spacial score (nSPS) is 15.9. The molecule has 0 bridgehead atoms. The summed E-state index contributed by atoms with van der Waals surface area (Å²) in [5, 5.41) is 3.11. The highest BCUT2D eigenvalue weighted by Crippen LogP contribution is 2.31. The van der Waals surface area contributed by atoms with Gasteiger partial charge in [0.05, 0.1) is 24.8 Å². The van der Waals surface area contributed by atoms with Gasteiger partial charge in [-0.3, -0.25) is 9.78 Å². The topological polar surface area (TPSA) is 69.7 Å². The Morgan fingerprint density at radius 1 is 1.16 bits per heavy atom. The third-order valence-corrected chi connectivity index (χ3v) is 5.37. The molecule has 160 valence electrons. The van der Waals surface area contributed by atoms with Crippen molar-refractivity contribution >= 4 is 5.91 Å². The van der Waals surface area contributed by atoms with Crippen LogP contribution in [0, 0.1) is 5.92 Å². The van der Waals surface area contributed by atoms with Crippen LogP contribution in [-0.4, -0.2) is 24.6 Å². The Kier molecular flexibility index (Phi) is 6.36. The van der Waals surface area contributed by atoms with Gasteiger partial charge in [0, 0.05) is 6.20 Å². The summed E-state index contributed by atoms with van der Waals surface area (Å²) < 4.78 is 16.9. The van der Waals surface area contributed by atoms with E-state index in [2.05, 4.69) is 10.3 Å². The van der Waals surface area contributed by atoms with Gasteiger partial charge in [0.25, 0.3) is 0 Å². The van der Waals surface area contributed by atoms with Gasteiger partial charge in [0.2, 0.25) is 5.91 Å². The van der Waals surface area contributed by atoms with Crippen molar-refractivity contribution in [1.29, 1.82) is 0 Å². The summed E-state index contributed by atoms with van der Waals surface area (Å²) in [5.74, 6) is 2.05. The number of rotatable bonds is 7. The number of hydrogen-bond acceptors (Lipinski definition) is 5. The first-order valence-corrected chi connectivity index (χ1v) is 10.3. The molecule has 1 aliphatic heterocycles. The largest absolute Gasteiger partial charge is 0.497 e. The fourth-order valence-corrected chi connectivity index (χ4v) is 3.60. The molecule has 4 rings (SSSR count). The van der Waals surface area contributed by atoms with E-state index in [9.17, 15) is 4.79 Å². The van der Waals surface area contributed by atoms with Crippen LogP contribution in [0.5, 0.6) is 17.2 Å². The Bertz CT molecular complexity index is 1040. The summed E-state index contributed by atoms with van der Waals surface area (Å²) in [6.45, 7) is 2.73. The number of carbonyl (C=O) groups is 1. The lowest BCUT2D eigenvalue weighted by Gasteiger charge is -2.26. The second-order valence-corrected chi connectivity index (χ2v) is 7.60. The predicted molar refractivity (Wildman–Crippen MR) is 117 cm³/mol. The summed E-state index contributed by atoms with van der Waals surface area (Å²) in [5.41, 5.74) is 2.83. The number of aromatic nitrogens is 1. The van der Waals surface area contributed by atoms with Crippen molar-refractivity contribution in [2.45, 2.75) is 26.0 Å². The van der Waals surface area contributed by atoms with E-state index < -0.39 is 0 Å². The number of hydrogen-bond donors (Lipinski definition) is 1. The van der Waals surface area contributed by atoms with Crippen molar-refractivity contribution in [2.75, 3.05) is 13.7 Å². The minimum atomic E-state index is -0.245. The highest BCUT2D eigenvalue weighted by molar-refractivity contribution is 5.80. The lowest BCUT2D eigenvalue weighted by molar-refractivity contribution is -0.126. The molecular formula is C25H26N2O4. The van der Waals surface area contributed by atoms with Crippen LogP contribution in [0.3, 0.4) is 0 Å². The van der Waals surface area contributed by atoms with Crippen LogP contribution in [0.4, 0.5) is 0 Å². The molecular weight excluding hydrogens is 392 g/mol. The van der Waals surface area contributed by atoms with Crippen LogP contribution in [-0.2, 0) is 17.8 Å². The van der Waals surface area contributed by atoms with Crippen molar-refractivity contribution < 1.29 is 19.0 Å². The van der Waals surface area contributed by atoms with Crippen LogP contribution in [0.2, 0.25) is 0 Å². The number of amides is 1. The first-order chi connectivity index (χ1) is 15.1. The molecule has 0 saturated carbocycles. The summed E-state index contributed by atoms with van der Waals surface area (Å²) >= 11 is 0. The molecule has 0 fully saturated rings. The molecule has 1 amide bonds. The second kappa shape index (κ2) is 9.51. The lowest BCUT2D eigenvalue weighted by atomic mass is 9.95. The van der Waals surface area contributed by atoms with E-state index in [0.717, 1.165) is 34.1 Å². The van der Waals surface area contributed by atoms with Crippen LogP contribution < -0.4 is 19.5 Å². The molecule has 3 aromatic rings. The Morgan fingerprint density at radius 3 is 2.87 bits per heavy atom. The zero-order valence-corrected chi connectivity index (χ0v) is 17.7. The van der Waals surface area contributed by atoms with E-state index in [0.29, 0.717) is 19.6 Å². The fourth-order valence-electron chi connectivity index (χ4n) is 3.60. The van der Waals surface area contributed by atoms with Crippen molar-refractivity contribution in [1.82, 2.24) is 10.3 Å². The number of nitrogens with zero attached hydrogens (tertiary/aromatic N) is 1. The molecule has 0 saturated heterocycles. The summed E-state index contributed by atoms with van der Waals surface area (Å²) in [7, 11) is 1.63. The number of benzene rings is 2. The predicted octanol–water partition coefficient (Wildman–Crippen LogP) is 4.10. The van der Waals surface area contributed by atoms with E-state index in [1.54, 1.807) is 13.3 Å². The minimum Gasteiger partial charge on any atom is -0.497 e. The van der Waals surface area contributed by atoms with Crippen LogP contribution in [0.15, 0.2) is 66.9 Å². The molecule has 1 N–H and O–H groups in total. The third kappa shape index (κ3) is 5.15. The molecule has 1 aliphatic rings. The monoisotopic (exact) mass is 418 g/mol. The van der Waals surface area contributed by atoms with Gasteiger partial charge in [-0.05, 0) is 66.9 Å². The molecule has 6 heteroatoms. The number of methoxy groups -OCH3 is 1. The summed E-state index contributed by atoms with van der Waals surface area (Å²) in [4.78, 5) is 17.1. The first-order valence-electron chi connectivity index (χ1n) is 10.3. The average molecular weight is 418 g/mol. The molecule has 2 unspecified atom stereocenters. The average Bonchev–Trinajstić information content (AvgIpc) is 2.82. The van der Waals surface area contributed by atoms with Crippen LogP contribution in [0.1, 0.15) is 29.8 Å². The Labute approximate surface area is 182 Å². The molecule has 2 atom stereocenters. The molecule has 0 radical (unpaired) electrons.